The Hall–Kier alpha value is -1.18. The van der Waals surface area contributed by atoms with Gasteiger partial charge in [0.2, 0.25) is 0 Å². The lowest BCUT2D eigenvalue weighted by atomic mass is 10.1. The molecule has 1 aliphatic heterocycles. The Morgan fingerprint density at radius 1 is 0.467 bits per heavy atom. The number of rotatable bonds is 2. The molecule has 3 aliphatic rings. The number of halogens is 14. The van der Waals surface area contributed by atoms with Crippen LogP contribution in [0.25, 0.3) is 0 Å². The Balaban J connectivity index is 1.90. The summed E-state index contributed by atoms with van der Waals surface area (Å²) in [5.74, 6) is -33.5. The van der Waals surface area contributed by atoms with Crippen LogP contribution in [0.3, 0.4) is 0 Å². The van der Waals surface area contributed by atoms with Crippen molar-refractivity contribution in [1.29, 1.82) is 0 Å². The summed E-state index contributed by atoms with van der Waals surface area (Å²) in [6.45, 7) is -3.91. The van der Waals surface area contributed by atoms with Gasteiger partial charge in [0, 0.05) is 26.2 Å². The second-order valence-corrected chi connectivity index (χ2v) is 7.50. The van der Waals surface area contributed by atoms with Crippen LogP contribution in [0.15, 0.2) is 21.5 Å². The quantitative estimate of drug-likeness (QED) is 0.470. The first-order valence-electron chi connectivity index (χ1n) is 7.86. The Kier molecular flexibility index (Phi) is 4.85. The van der Waals surface area contributed by atoms with Crippen molar-refractivity contribution in [2.24, 2.45) is 0 Å². The molecule has 0 saturated carbocycles. The van der Waals surface area contributed by atoms with Crippen molar-refractivity contribution in [1.82, 2.24) is 9.80 Å². The summed E-state index contributed by atoms with van der Waals surface area (Å²) in [6.07, 6.45) is 0. The van der Waals surface area contributed by atoms with Crippen LogP contribution < -0.4 is 0 Å². The van der Waals surface area contributed by atoms with Gasteiger partial charge >= 0.3 is 35.5 Å². The minimum absolute atomic E-state index is 0.228. The van der Waals surface area contributed by atoms with Gasteiger partial charge in [-0.3, -0.25) is 0 Å². The van der Waals surface area contributed by atoms with Crippen molar-refractivity contribution >= 4 is 23.2 Å². The normalized spacial score (nSPS) is 31.0. The standard InChI is InChI=1S/C14H8Cl2F12N2/c15-5-7(11(21,22)13(25,26)9(5,17)18)29-1-2-30(4-3-29)8-6(16)10(19,20)14(27,28)12(8,23)24/h1-4H2. The summed E-state index contributed by atoms with van der Waals surface area (Å²) in [4.78, 5) is 0.455. The lowest BCUT2D eigenvalue weighted by Gasteiger charge is -2.41. The third kappa shape index (κ3) is 2.49. The molecule has 1 saturated heterocycles. The number of hydrogen-bond acceptors (Lipinski definition) is 2. The molecule has 0 unspecified atom stereocenters. The molecule has 0 atom stereocenters. The van der Waals surface area contributed by atoms with Gasteiger partial charge in [0.1, 0.15) is 21.5 Å². The van der Waals surface area contributed by atoms with E-state index in [9.17, 15) is 52.7 Å². The third-order valence-corrected chi connectivity index (χ3v) is 5.88. The van der Waals surface area contributed by atoms with Crippen LogP contribution in [-0.2, 0) is 0 Å². The van der Waals surface area contributed by atoms with Gasteiger partial charge in [-0.25, -0.2) is 0 Å². The molecule has 172 valence electrons. The van der Waals surface area contributed by atoms with Crippen molar-refractivity contribution in [3.8, 4) is 0 Å². The van der Waals surface area contributed by atoms with Crippen molar-refractivity contribution in [2.75, 3.05) is 26.2 Å². The van der Waals surface area contributed by atoms with Gasteiger partial charge in [-0.2, -0.15) is 52.7 Å². The molecule has 30 heavy (non-hydrogen) atoms. The van der Waals surface area contributed by atoms with Crippen LogP contribution >= 0.6 is 23.2 Å². The molecule has 1 fully saturated rings. The number of piperazine rings is 1. The Morgan fingerprint density at radius 3 is 0.867 bits per heavy atom. The van der Waals surface area contributed by atoms with E-state index in [0.717, 1.165) is 0 Å². The fraction of sp³-hybridized carbons (Fsp3) is 0.714. The number of hydrogen-bond donors (Lipinski definition) is 0. The summed E-state index contributed by atoms with van der Waals surface area (Å²) >= 11 is 10.1. The lowest BCUT2D eigenvalue weighted by molar-refractivity contribution is -0.268. The van der Waals surface area contributed by atoms with Gasteiger partial charge in [-0.1, -0.05) is 23.2 Å². The summed E-state index contributed by atoms with van der Waals surface area (Å²) in [5, 5.41) is -4.35. The largest absolute Gasteiger partial charge is 0.383 e. The van der Waals surface area contributed by atoms with E-state index >= 15 is 0 Å². The second kappa shape index (κ2) is 6.20. The average molecular weight is 503 g/mol. The smallest absolute Gasteiger partial charge is 0.365 e. The predicted octanol–water partition coefficient (Wildman–Crippen LogP) is 5.34. The molecule has 0 aromatic carbocycles. The van der Waals surface area contributed by atoms with E-state index in [1.807, 2.05) is 0 Å². The highest BCUT2D eigenvalue weighted by atomic mass is 35.5. The Morgan fingerprint density at radius 2 is 0.700 bits per heavy atom. The lowest BCUT2D eigenvalue weighted by Crippen LogP contribution is -2.55. The van der Waals surface area contributed by atoms with E-state index in [2.05, 4.69) is 0 Å². The number of alkyl halides is 12. The maximum Gasteiger partial charge on any atom is 0.383 e. The fourth-order valence-corrected chi connectivity index (χ4v) is 4.08. The molecule has 0 aromatic rings. The molecule has 2 aliphatic carbocycles. The van der Waals surface area contributed by atoms with Gasteiger partial charge in [-0.05, 0) is 0 Å². The van der Waals surface area contributed by atoms with Crippen molar-refractivity contribution in [3.63, 3.8) is 0 Å². The molecule has 0 aromatic heterocycles. The van der Waals surface area contributed by atoms with Gasteiger partial charge in [-0.15, -0.1) is 0 Å². The third-order valence-electron chi connectivity index (χ3n) is 5.05. The van der Waals surface area contributed by atoms with Crippen LogP contribution in [0.1, 0.15) is 0 Å². The Labute approximate surface area is 169 Å². The SMILES string of the molecule is FC1(F)C(Cl)=C(N2CCN(C3=C(Cl)C(F)(F)C(F)(F)C3(F)F)CC2)C(F)(F)C1(F)F. The van der Waals surface area contributed by atoms with Crippen LogP contribution in [0.2, 0.25) is 0 Å². The van der Waals surface area contributed by atoms with Crippen LogP contribution in [0.4, 0.5) is 52.7 Å². The minimum Gasteiger partial charge on any atom is -0.365 e. The molecular weight excluding hydrogens is 495 g/mol. The van der Waals surface area contributed by atoms with Gasteiger partial charge in [0.25, 0.3) is 0 Å². The Bertz CT molecular complexity index is 759. The van der Waals surface area contributed by atoms with Gasteiger partial charge < -0.3 is 9.80 Å². The van der Waals surface area contributed by atoms with E-state index in [-0.39, 0.29) is 9.80 Å². The summed E-state index contributed by atoms with van der Waals surface area (Å²) in [5.41, 5.74) is -3.93. The van der Waals surface area contributed by atoms with Crippen LogP contribution in [0, 0.1) is 0 Å². The molecule has 0 amide bonds. The first kappa shape index (κ1) is 23.5. The molecule has 0 spiro atoms. The maximum atomic E-state index is 13.9. The summed E-state index contributed by atoms with van der Waals surface area (Å²) in [6, 6.07) is 0. The van der Waals surface area contributed by atoms with Crippen molar-refractivity contribution in [3.05, 3.63) is 21.5 Å². The highest BCUT2D eigenvalue weighted by Gasteiger charge is 2.82. The molecule has 1 heterocycles. The minimum atomic E-state index is -5.89. The van der Waals surface area contributed by atoms with E-state index in [0.29, 0.717) is 0 Å². The molecular formula is C14H8Cl2F12N2. The van der Waals surface area contributed by atoms with E-state index < -0.39 is 83.2 Å². The summed E-state index contributed by atoms with van der Waals surface area (Å²) < 4.78 is 164. The maximum absolute atomic E-state index is 13.9. The van der Waals surface area contributed by atoms with E-state index in [1.165, 1.54) is 0 Å². The molecule has 0 bridgehead atoms. The summed E-state index contributed by atoms with van der Waals surface area (Å²) in [7, 11) is 0. The fourth-order valence-electron chi connectivity index (χ4n) is 3.37. The highest BCUT2D eigenvalue weighted by molar-refractivity contribution is 6.31. The first-order chi connectivity index (χ1) is 13.3. The van der Waals surface area contributed by atoms with Gasteiger partial charge in [0.05, 0.1) is 0 Å². The zero-order chi connectivity index (χ0) is 23.3. The van der Waals surface area contributed by atoms with Crippen molar-refractivity contribution in [2.45, 2.75) is 35.5 Å². The zero-order valence-electron chi connectivity index (χ0n) is 14.0. The number of allylic oxidation sites excluding steroid dienone is 4. The molecule has 3 rings (SSSR count). The van der Waals surface area contributed by atoms with Crippen molar-refractivity contribution < 1.29 is 52.7 Å². The molecule has 0 radical (unpaired) electrons. The number of nitrogens with zero attached hydrogens (tertiary/aromatic N) is 2. The average Bonchev–Trinajstić information content (AvgIpc) is 2.76. The topological polar surface area (TPSA) is 6.48 Å². The highest BCUT2D eigenvalue weighted by Crippen LogP contribution is 2.62. The van der Waals surface area contributed by atoms with E-state index in [1.54, 1.807) is 0 Å². The molecule has 2 nitrogen and oxygen atoms in total. The molecule has 0 N–H and O–H groups in total. The predicted molar refractivity (Wildman–Crippen MR) is 78.6 cm³/mol. The zero-order valence-corrected chi connectivity index (χ0v) is 15.5. The second-order valence-electron chi connectivity index (χ2n) is 6.75. The molecule has 16 heteroatoms. The van der Waals surface area contributed by atoms with Gasteiger partial charge in [0.15, 0.2) is 0 Å². The first-order valence-corrected chi connectivity index (χ1v) is 8.61. The monoisotopic (exact) mass is 502 g/mol. The van der Waals surface area contributed by atoms with Crippen LogP contribution in [-0.4, -0.2) is 71.5 Å². The van der Waals surface area contributed by atoms with E-state index in [4.69, 9.17) is 23.2 Å². The van der Waals surface area contributed by atoms with Crippen LogP contribution in [0.5, 0.6) is 0 Å².